The van der Waals surface area contributed by atoms with Crippen LogP contribution >= 0.6 is 0 Å². The molecule has 0 radical (unpaired) electrons. The topological polar surface area (TPSA) is 52.7 Å². The monoisotopic (exact) mass is 457 g/mol. The van der Waals surface area contributed by atoms with Crippen LogP contribution in [0.1, 0.15) is 46.3 Å². The second-order valence-corrected chi connectivity index (χ2v) is 9.22. The molecule has 3 rings (SSSR count). The average molecular weight is 458 g/mol. The molecular weight excluding hydrogens is 424 g/mol. The van der Waals surface area contributed by atoms with Crippen LogP contribution in [-0.2, 0) is 11.2 Å². The Morgan fingerprint density at radius 1 is 1.15 bits per heavy atom. The third-order valence-corrected chi connectivity index (χ3v) is 6.12. The molecule has 1 saturated heterocycles. The highest BCUT2D eigenvalue weighted by atomic mass is 19.1. The molecule has 7 heteroatoms. The number of carbonyl (C=O) groups is 2. The number of rotatable bonds is 8. The van der Waals surface area contributed by atoms with Gasteiger partial charge in [0.1, 0.15) is 11.6 Å². The molecular formula is C26H33F2N3O2. The summed E-state index contributed by atoms with van der Waals surface area (Å²) in [6, 6.07) is 7.29. The minimum atomic E-state index is -0.593. The summed E-state index contributed by atoms with van der Waals surface area (Å²) in [4.78, 5) is 29.2. The molecule has 0 spiro atoms. The molecule has 1 fully saturated rings. The van der Waals surface area contributed by atoms with Gasteiger partial charge in [-0.05, 0) is 94.6 Å². The lowest BCUT2D eigenvalue weighted by atomic mass is 9.89. The third kappa shape index (κ3) is 6.38. The van der Waals surface area contributed by atoms with E-state index in [-0.39, 0.29) is 17.7 Å². The highest BCUT2D eigenvalue weighted by molar-refractivity contribution is 5.98. The molecule has 5 nitrogen and oxygen atoms in total. The molecule has 1 aliphatic heterocycles. The highest BCUT2D eigenvalue weighted by Gasteiger charge is 2.29. The molecule has 0 saturated carbocycles. The van der Waals surface area contributed by atoms with E-state index >= 15 is 0 Å². The highest BCUT2D eigenvalue weighted by Crippen LogP contribution is 2.32. The van der Waals surface area contributed by atoms with Gasteiger partial charge in [-0.15, -0.1) is 0 Å². The van der Waals surface area contributed by atoms with E-state index in [1.54, 1.807) is 4.90 Å². The van der Waals surface area contributed by atoms with Crippen LogP contribution in [0.4, 0.5) is 14.5 Å². The Labute approximate surface area is 194 Å². The van der Waals surface area contributed by atoms with Crippen LogP contribution < -0.4 is 10.2 Å². The van der Waals surface area contributed by atoms with Gasteiger partial charge in [-0.2, -0.15) is 0 Å². The molecule has 178 valence electrons. The maximum atomic E-state index is 14.1. The Bertz CT molecular complexity index is 1000. The van der Waals surface area contributed by atoms with Gasteiger partial charge < -0.3 is 15.1 Å². The summed E-state index contributed by atoms with van der Waals surface area (Å²) in [6.07, 6.45) is 2.35. The fourth-order valence-corrected chi connectivity index (χ4v) is 4.51. The van der Waals surface area contributed by atoms with Gasteiger partial charge in [0.15, 0.2) is 0 Å². The fraction of sp³-hybridized carbons (Fsp3) is 0.462. The van der Waals surface area contributed by atoms with Crippen molar-refractivity contribution in [1.82, 2.24) is 10.2 Å². The third-order valence-electron chi connectivity index (χ3n) is 6.12. The van der Waals surface area contributed by atoms with Crippen molar-refractivity contribution in [3.63, 3.8) is 0 Å². The first kappa shape index (κ1) is 24.8. The zero-order valence-corrected chi connectivity index (χ0v) is 19.9. The largest absolute Gasteiger partial charge is 0.352 e. The molecule has 2 aromatic rings. The number of hydrogen-bond acceptors (Lipinski definition) is 3. The van der Waals surface area contributed by atoms with E-state index in [0.29, 0.717) is 43.5 Å². The number of hydrogen-bond donors (Lipinski definition) is 1. The van der Waals surface area contributed by atoms with Crippen molar-refractivity contribution in [3.8, 4) is 0 Å². The van der Waals surface area contributed by atoms with Gasteiger partial charge in [0.05, 0.1) is 0 Å². The first-order valence-electron chi connectivity index (χ1n) is 11.4. The lowest BCUT2D eigenvalue weighted by Gasteiger charge is -2.35. The summed E-state index contributed by atoms with van der Waals surface area (Å²) < 4.78 is 27.4. The van der Waals surface area contributed by atoms with E-state index in [2.05, 4.69) is 10.2 Å². The Hall–Kier alpha value is -2.80. The molecule has 0 aliphatic carbocycles. The number of amides is 2. The predicted octanol–water partition coefficient (Wildman–Crippen LogP) is 4.25. The number of halogens is 2. The number of nitrogens with one attached hydrogen (secondary N) is 1. The van der Waals surface area contributed by atoms with Gasteiger partial charge in [-0.3, -0.25) is 9.59 Å². The Kier molecular flexibility index (Phi) is 8.19. The maximum Gasteiger partial charge on any atom is 0.251 e. The zero-order chi connectivity index (χ0) is 24.1. The van der Waals surface area contributed by atoms with Crippen LogP contribution in [0.15, 0.2) is 30.3 Å². The van der Waals surface area contributed by atoms with Gasteiger partial charge in [0.2, 0.25) is 5.91 Å². The van der Waals surface area contributed by atoms with Gasteiger partial charge in [0, 0.05) is 36.8 Å². The number of carbonyl (C=O) groups excluding carboxylic acids is 2. The maximum absolute atomic E-state index is 14.1. The summed E-state index contributed by atoms with van der Waals surface area (Å²) >= 11 is 0. The van der Waals surface area contributed by atoms with Crippen molar-refractivity contribution >= 4 is 17.5 Å². The van der Waals surface area contributed by atoms with Gasteiger partial charge >= 0.3 is 0 Å². The van der Waals surface area contributed by atoms with Crippen LogP contribution in [0.25, 0.3) is 0 Å². The van der Waals surface area contributed by atoms with E-state index in [4.69, 9.17) is 0 Å². The SMILES string of the molecule is Cc1cc(C(=O)NCCCN(C)C)cc(C)c1N1CC(Cc2ccc(F)cc2F)CCC1=O. The molecule has 2 amide bonds. The summed E-state index contributed by atoms with van der Waals surface area (Å²) in [5.41, 5.74) is 3.57. The molecule has 1 aliphatic rings. The van der Waals surface area contributed by atoms with Crippen molar-refractivity contribution in [1.29, 1.82) is 0 Å². The molecule has 0 bridgehead atoms. The van der Waals surface area contributed by atoms with Crippen molar-refractivity contribution in [2.75, 3.05) is 38.6 Å². The summed E-state index contributed by atoms with van der Waals surface area (Å²) in [7, 11) is 3.99. The van der Waals surface area contributed by atoms with E-state index in [9.17, 15) is 18.4 Å². The van der Waals surface area contributed by atoms with Crippen LogP contribution in [-0.4, -0.2) is 50.4 Å². The van der Waals surface area contributed by atoms with Crippen molar-refractivity contribution in [2.45, 2.75) is 39.5 Å². The summed E-state index contributed by atoms with van der Waals surface area (Å²) in [6.45, 7) is 5.78. The van der Waals surface area contributed by atoms with Crippen LogP contribution in [0.3, 0.4) is 0 Å². The van der Waals surface area contributed by atoms with Crippen molar-refractivity contribution in [3.05, 3.63) is 64.2 Å². The molecule has 33 heavy (non-hydrogen) atoms. The smallest absolute Gasteiger partial charge is 0.251 e. The molecule has 2 aromatic carbocycles. The van der Waals surface area contributed by atoms with Crippen molar-refractivity contribution < 1.29 is 18.4 Å². The van der Waals surface area contributed by atoms with E-state index in [0.717, 1.165) is 35.8 Å². The number of anilines is 1. The number of piperidine rings is 1. The lowest BCUT2D eigenvalue weighted by molar-refractivity contribution is -0.120. The lowest BCUT2D eigenvalue weighted by Crippen LogP contribution is -2.41. The predicted molar refractivity (Wildman–Crippen MR) is 127 cm³/mol. The molecule has 1 heterocycles. The number of benzene rings is 2. The fourth-order valence-electron chi connectivity index (χ4n) is 4.51. The minimum absolute atomic E-state index is 0.0258. The van der Waals surface area contributed by atoms with Crippen LogP contribution in [0.2, 0.25) is 0 Å². The minimum Gasteiger partial charge on any atom is -0.352 e. The number of aryl methyl sites for hydroxylation is 2. The Morgan fingerprint density at radius 3 is 2.48 bits per heavy atom. The molecule has 1 unspecified atom stereocenters. The summed E-state index contributed by atoms with van der Waals surface area (Å²) in [5.74, 6) is -1.17. The number of nitrogens with zero attached hydrogens (tertiary/aromatic N) is 2. The van der Waals surface area contributed by atoms with Crippen LogP contribution in [0, 0.1) is 31.4 Å². The second kappa shape index (κ2) is 10.9. The molecule has 0 aromatic heterocycles. The first-order chi connectivity index (χ1) is 15.7. The zero-order valence-electron chi connectivity index (χ0n) is 19.9. The normalized spacial score (nSPS) is 16.4. The summed E-state index contributed by atoms with van der Waals surface area (Å²) in [5, 5.41) is 2.95. The van der Waals surface area contributed by atoms with Gasteiger partial charge in [-0.25, -0.2) is 8.78 Å². The quantitative estimate of drug-likeness (QED) is 0.603. The first-order valence-corrected chi connectivity index (χ1v) is 11.4. The second-order valence-electron chi connectivity index (χ2n) is 9.22. The van der Waals surface area contributed by atoms with Gasteiger partial charge in [-0.1, -0.05) is 6.07 Å². The average Bonchev–Trinajstić information content (AvgIpc) is 2.74. The van der Waals surface area contributed by atoms with Gasteiger partial charge in [0.25, 0.3) is 5.91 Å². The molecule has 1 N–H and O–H groups in total. The van der Waals surface area contributed by atoms with E-state index < -0.39 is 11.6 Å². The Morgan fingerprint density at radius 2 is 1.85 bits per heavy atom. The van der Waals surface area contributed by atoms with E-state index in [1.165, 1.54) is 12.1 Å². The van der Waals surface area contributed by atoms with Crippen LogP contribution in [0.5, 0.6) is 0 Å². The van der Waals surface area contributed by atoms with E-state index in [1.807, 2.05) is 40.1 Å². The standard InChI is InChI=1S/C26H33F2N3O2/c1-17-12-21(26(33)29-10-5-11-30(3)4)13-18(2)25(17)31-16-19(6-9-24(31)32)14-20-7-8-22(27)15-23(20)28/h7-8,12-13,15,19H,5-6,9-11,14,16H2,1-4H3,(H,29,33). The molecule has 1 atom stereocenters. The van der Waals surface area contributed by atoms with Crippen molar-refractivity contribution in [2.24, 2.45) is 5.92 Å². The Balaban J connectivity index is 1.72.